The van der Waals surface area contributed by atoms with Gasteiger partial charge in [0.2, 0.25) is 0 Å². The maximum atomic E-state index is 11.0. The Labute approximate surface area is 106 Å². The summed E-state index contributed by atoms with van der Waals surface area (Å²) in [6.07, 6.45) is 6.39. The van der Waals surface area contributed by atoms with Gasteiger partial charge in [0.1, 0.15) is 0 Å². The molecule has 1 saturated carbocycles. The van der Waals surface area contributed by atoms with Crippen LogP contribution in [0.1, 0.15) is 47.7 Å². The predicted molar refractivity (Wildman–Crippen MR) is 65.5 cm³/mol. The van der Waals surface area contributed by atoms with Crippen molar-refractivity contribution < 1.29 is 14.3 Å². The van der Waals surface area contributed by atoms with Gasteiger partial charge in [-0.1, -0.05) is 0 Å². The number of aldehydes is 1. The number of hydrogen-bond acceptors (Lipinski definition) is 4. The molecule has 0 amide bonds. The molecule has 3 rings (SSSR count). The summed E-state index contributed by atoms with van der Waals surface area (Å²) in [4.78, 5) is 15.4. The first kappa shape index (κ1) is 11.8. The second-order valence-corrected chi connectivity index (χ2v) is 4.98. The van der Waals surface area contributed by atoms with Gasteiger partial charge in [0.05, 0.1) is 18.9 Å². The first-order valence-corrected chi connectivity index (χ1v) is 6.51. The van der Waals surface area contributed by atoms with Crippen LogP contribution in [0, 0.1) is 0 Å². The first-order chi connectivity index (χ1) is 8.83. The summed E-state index contributed by atoms with van der Waals surface area (Å²) in [6, 6.07) is 3.64. The van der Waals surface area contributed by atoms with Gasteiger partial charge in [-0.2, -0.15) is 0 Å². The van der Waals surface area contributed by atoms with E-state index in [0.717, 1.165) is 37.7 Å². The fourth-order valence-electron chi connectivity index (χ4n) is 2.99. The van der Waals surface area contributed by atoms with E-state index < -0.39 is 0 Å². The number of carbonyl (C=O) groups excluding carboxylic acids is 1. The van der Waals surface area contributed by atoms with Gasteiger partial charge in [0.25, 0.3) is 0 Å². The molecule has 4 nitrogen and oxygen atoms in total. The van der Waals surface area contributed by atoms with E-state index in [2.05, 4.69) is 4.98 Å². The maximum absolute atomic E-state index is 11.0. The summed E-state index contributed by atoms with van der Waals surface area (Å²) < 4.78 is 11.4. The summed E-state index contributed by atoms with van der Waals surface area (Å²) in [5.41, 5.74) is 1.65. The average Bonchev–Trinajstić information content (AvgIpc) is 2.88. The van der Waals surface area contributed by atoms with Crippen molar-refractivity contribution in [3.05, 3.63) is 29.6 Å². The summed E-state index contributed by atoms with van der Waals surface area (Å²) in [5.74, 6) is 0.0110. The highest BCUT2D eigenvalue weighted by atomic mass is 16.7. The second-order valence-electron chi connectivity index (χ2n) is 4.98. The van der Waals surface area contributed by atoms with Gasteiger partial charge in [-0.15, -0.1) is 0 Å². The number of rotatable bonds is 2. The van der Waals surface area contributed by atoms with Crippen LogP contribution in [-0.4, -0.2) is 30.3 Å². The van der Waals surface area contributed by atoms with Crippen molar-refractivity contribution in [2.45, 2.75) is 37.4 Å². The van der Waals surface area contributed by atoms with E-state index in [4.69, 9.17) is 9.47 Å². The van der Waals surface area contributed by atoms with Crippen LogP contribution in [0.15, 0.2) is 18.3 Å². The SMILES string of the molecule is O=Cc1cccnc1C1CCC2(CC1)OCCO2. The molecule has 1 saturated heterocycles. The highest BCUT2D eigenvalue weighted by Gasteiger charge is 2.41. The van der Waals surface area contributed by atoms with Crippen molar-refractivity contribution in [2.24, 2.45) is 0 Å². The van der Waals surface area contributed by atoms with E-state index in [0.29, 0.717) is 24.7 Å². The van der Waals surface area contributed by atoms with Crippen molar-refractivity contribution >= 4 is 6.29 Å². The molecule has 0 aromatic carbocycles. The number of ether oxygens (including phenoxy) is 2. The van der Waals surface area contributed by atoms with E-state index in [1.165, 1.54) is 0 Å². The minimum absolute atomic E-state index is 0.341. The molecule has 2 aliphatic rings. The Morgan fingerprint density at radius 1 is 1.28 bits per heavy atom. The molecule has 0 radical (unpaired) electrons. The third-order valence-corrected chi connectivity index (χ3v) is 3.95. The molecule has 2 fully saturated rings. The zero-order valence-corrected chi connectivity index (χ0v) is 10.3. The Balaban J connectivity index is 1.74. The Bertz CT molecular complexity index is 430. The van der Waals surface area contributed by atoms with Gasteiger partial charge in [-0.3, -0.25) is 9.78 Å². The van der Waals surface area contributed by atoms with Crippen LogP contribution in [0.4, 0.5) is 0 Å². The van der Waals surface area contributed by atoms with Crippen LogP contribution >= 0.6 is 0 Å². The second kappa shape index (κ2) is 4.78. The van der Waals surface area contributed by atoms with Crippen molar-refractivity contribution in [1.29, 1.82) is 0 Å². The lowest BCUT2D eigenvalue weighted by Crippen LogP contribution is -2.34. The van der Waals surface area contributed by atoms with Gasteiger partial charge in [0, 0.05) is 30.5 Å². The zero-order chi connectivity index (χ0) is 12.4. The van der Waals surface area contributed by atoms with Crippen molar-refractivity contribution in [1.82, 2.24) is 4.98 Å². The molecule has 1 aliphatic carbocycles. The van der Waals surface area contributed by atoms with Gasteiger partial charge < -0.3 is 9.47 Å². The van der Waals surface area contributed by atoms with Crippen LogP contribution in [-0.2, 0) is 9.47 Å². The number of aromatic nitrogens is 1. The van der Waals surface area contributed by atoms with Crippen LogP contribution < -0.4 is 0 Å². The molecular formula is C14H17NO3. The van der Waals surface area contributed by atoms with Crippen molar-refractivity contribution in [3.8, 4) is 0 Å². The Morgan fingerprint density at radius 3 is 2.67 bits per heavy atom. The molecular weight excluding hydrogens is 230 g/mol. The largest absolute Gasteiger partial charge is 0.348 e. The molecule has 4 heteroatoms. The Hall–Kier alpha value is -1.26. The molecule has 1 aromatic rings. The lowest BCUT2D eigenvalue weighted by atomic mass is 9.82. The van der Waals surface area contributed by atoms with E-state index in [1.54, 1.807) is 12.3 Å². The molecule has 1 aliphatic heterocycles. The van der Waals surface area contributed by atoms with E-state index in [-0.39, 0.29) is 5.79 Å². The molecule has 18 heavy (non-hydrogen) atoms. The fraction of sp³-hybridized carbons (Fsp3) is 0.571. The van der Waals surface area contributed by atoms with E-state index in [9.17, 15) is 4.79 Å². The molecule has 0 unspecified atom stereocenters. The van der Waals surface area contributed by atoms with Gasteiger partial charge in [0.15, 0.2) is 12.1 Å². The van der Waals surface area contributed by atoms with E-state index >= 15 is 0 Å². The Kier molecular flexibility index (Phi) is 3.14. The molecule has 0 atom stereocenters. The highest BCUT2D eigenvalue weighted by Crippen LogP contribution is 2.42. The van der Waals surface area contributed by atoms with Crippen LogP contribution in [0.3, 0.4) is 0 Å². The fourth-order valence-corrected chi connectivity index (χ4v) is 2.99. The summed E-state index contributed by atoms with van der Waals surface area (Å²) in [5, 5.41) is 0. The monoisotopic (exact) mass is 247 g/mol. The van der Waals surface area contributed by atoms with Crippen molar-refractivity contribution in [3.63, 3.8) is 0 Å². The topological polar surface area (TPSA) is 48.4 Å². The third-order valence-electron chi connectivity index (χ3n) is 3.95. The van der Waals surface area contributed by atoms with Gasteiger partial charge in [-0.05, 0) is 25.0 Å². The molecule has 0 bridgehead atoms. The average molecular weight is 247 g/mol. The molecule has 2 heterocycles. The number of hydrogen-bond donors (Lipinski definition) is 0. The molecule has 1 aromatic heterocycles. The maximum Gasteiger partial charge on any atom is 0.168 e. The first-order valence-electron chi connectivity index (χ1n) is 6.51. The summed E-state index contributed by atoms with van der Waals surface area (Å²) in [7, 11) is 0. The van der Waals surface area contributed by atoms with Gasteiger partial charge in [-0.25, -0.2) is 0 Å². The summed E-state index contributed by atoms with van der Waals surface area (Å²) >= 11 is 0. The molecule has 1 spiro atoms. The normalized spacial score (nSPS) is 23.3. The van der Waals surface area contributed by atoms with Crippen LogP contribution in [0.25, 0.3) is 0 Å². The number of carbonyl (C=O) groups is 1. The standard InChI is InChI=1S/C14H17NO3/c16-10-12-2-1-7-15-13(12)11-3-5-14(6-4-11)17-8-9-18-14/h1-2,7,10-11H,3-6,8-9H2. The highest BCUT2D eigenvalue weighted by molar-refractivity contribution is 5.76. The zero-order valence-electron chi connectivity index (χ0n) is 10.3. The lowest BCUT2D eigenvalue weighted by molar-refractivity contribution is -0.178. The minimum atomic E-state index is -0.341. The molecule has 96 valence electrons. The van der Waals surface area contributed by atoms with Crippen LogP contribution in [0.2, 0.25) is 0 Å². The predicted octanol–water partition coefficient (Wildman–Crippen LogP) is 2.29. The summed E-state index contributed by atoms with van der Waals surface area (Å²) in [6.45, 7) is 1.40. The number of nitrogens with zero attached hydrogens (tertiary/aromatic N) is 1. The number of pyridine rings is 1. The van der Waals surface area contributed by atoms with E-state index in [1.807, 2.05) is 6.07 Å². The van der Waals surface area contributed by atoms with Gasteiger partial charge >= 0.3 is 0 Å². The minimum Gasteiger partial charge on any atom is -0.348 e. The smallest absolute Gasteiger partial charge is 0.168 e. The lowest BCUT2D eigenvalue weighted by Gasteiger charge is -2.35. The Morgan fingerprint density at radius 2 is 2.00 bits per heavy atom. The third kappa shape index (κ3) is 2.06. The van der Waals surface area contributed by atoms with Crippen molar-refractivity contribution in [2.75, 3.05) is 13.2 Å². The quantitative estimate of drug-likeness (QED) is 0.752. The molecule has 0 N–H and O–H groups in total. The van der Waals surface area contributed by atoms with Crippen LogP contribution in [0.5, 0.6) is 0 Å².